The fraction of sp³-hybridized carbons (Fsp3) is 0.125. The third-order valence-corrected chi connectivity index (χ3v) is 3.43. The third kappa shape index (κ3) is 2.23. The van der Waals surface area contributed by atoms with Crippen LogP contribution in [0, 0.1) is 6.92 Å². The van der Waals surface area contributed by atoms with E-state index in [0.29, 0.717) is 22.1 Å². The van der Waals surface area contributed by atoms with Crippen LogP contribution in [-0.2, 0) is 6.54 Å². The molecule has 1 aromatic carbocycles. The normalized spacial score (nSPS) is 10.9. The van der Waals surface area contributed by atoms with E-state index in [1.165, 1.54) is 4.57 Å². The molecule has 0 bridgehead atoms. The third-order valence-electron chi connectivity index (χ3n) is 3.43. The number of hydrogen-bond acceptors (Lipinski definition) is 3. The predicted molar refractivity (Wildman–Crippen MR) is 77.7 cm³/mol. The van der Waals surface area contributed by atoms with Crippen molar-refractivity contribution in [1.29, 1.82) is 0 Å². The second-order valence-corrected chi connectivity index (χ2v) is 4.84. The SMILES string of the molecule is Cc1cccn(Cc2c(C(=O)O)oc3ccccc23)c1=O. The Hall–Kier alpha value is -2.82. The molecule has 0 unspecified atom stereocenters. The van der Waals surface area contributed by atoms with Crippen LogP contribution in [0.3, 0.4) is 0 Å². The van der Waals surface area contributed by atoms with E-state index < -0.39 is 5.97 Å². The van der Waals surface area contributed by atoms with Gasteiger partial charge in [0.2, 0.25) is 5.76 Å². The molecule has 0 radical (unpaired) electrons. The number of carbonyl (C=O) groups is 1. The molecule has 1 N–H and O–H groups in total. The lowest BCUT2D eigenvalue weighted by molar-refractivity contribution is 0.0663. The molecular weight excluding hydrogens is 270 g/mol. The number of furan rings is 1. The van der Waals surface area contributed by atoms with Crippen LogP contribution < -0.4 is 5.56 Å². The molecular formula is C16H13NO4. The number of para-hydroxylation sites is 1. The van der Waals surface area contributed by atoms with Crippen molar-refractivity contribution >= 4 is 16.9 Å². The molecule has 0 fully saturated rings. The van der Waals surface area contributed by atoms with Gasteiger partial charge in [0.1, 0.15) is 5.58 Å². The summed E-state index contributed by atoms with van der Waals surface area (Å²) in [7, 11) is 0. The second-order valence-electron chi connectivity index (χ2n) is 4.84. The number of carboxylic acids is 1. The summed E-state index contributed by atoms with van der Waals surface area (Å²) in [4.78, 5) is 23.4. The van der Waals surface area contributed by atoms with Crippen LogP contribution >= 0.6 is 0 Å². The quantitative estimate of drug-likeness (QED) is 0.802. The van der Waals surface area contributed by atoms with Crippen LogP contribution in [0.4, 0.5) is 0 Å². The van der Waals surface area contributed by atoms with Gasteiger partial charge in [-0.15, -0.1) is 0 Å². The number of pyridine rings is 1. The smallest absolute Gasteiger partial charge is 0.372 e. The van der Waals surface area contributed by atoms with Crippen molar-refractivity contribution in [1.82, 2.24) is 4.57 Å². The molecule has 106 valence electrons. The number of benzene rings is 1. The maximum Gasteiger partial charge on any atom is 0.372 e. The number of fused-ring (bicyclic) bond motifs is 1. The first kappa shape index (κ1) is 13.2. The largest absolute Gasteiger partial charge is 0.475 e. The van der Waals surface area contributed by atoms with E-state index in [2.05, 4.69) is 0 Å². The van der Waals surface area contributed by atoms with Gasteiger partial charge < -0.3 is 14.1 Å². The Bertz CT molecular complexity index is 889. The standard InChI is InChI=1S/C16H13NO4/c1-10-5-4-8-17(15(10)18)9-12-11-6-2-3-7-13(11)21-14(12)16(19)20/h2-8H,9H2,1H3,(H,19,20). The van der Waals surface area contributed by atoms with E-state index in [1.807, 2.05) is 6.07 Å². The Morgan fingerprint density at radius 3 is 2.76 bits per heavy atom. The summed E-state index contributed by atoms with van der Waals surface area (Å²) in [6.07, 6.45) is 1.64. The molecule has 0 aliphatic rings. The molecule has 0 amide bonds. The Morgan fingerprint density at radius 1 is 1.24 bits per heavy atom. The van der Waals surface area contributed by atoms with Crippen LogP contribution in [0.25, 0.3) is 11.0 Å². The van der Waals surface area contributed by atoms with Crippen molar-refractivity contribution in [3.63, 3.8) is 0 Å². The summed E-state index contributed by atoms with van der Waals surface area (Å²) >= 11 is 0. The predicted octanol–water partition coefficient (Wildman–Crippen LogP) is 2.65. The van der Waals surface area contributed by atoms with Crippen molar-refractivity contribution in [3.05, 3.63) is 69.8 Å². The van der Waals surface area contributed by atoms with Gasteiger partial charge in [0, 0.05) is 22.7 Å². The fourth-order valence-electron chi connectivity index (χ4n) is 2.38. The highest BCUT2D eigenvalue weighted by Gasteiger charge is 2.20. The van der Waals surface area contributed by atoms with Crippen LogP contribution in [-0.4, -0.2) is 15.6 Å². The van der Waals surface area contributed by atoms with E-state index in [4.69, 9.17) is 4.42 Å². The molecule has 2 aromatic heterocycles. The average Bonchev–Trinajstić information content (AvgIpc) is 2.83. The van der Waals surface area contributed by atoms with Crippen molar-refractivity contribution in [2.24, 2.45) is 0 Å². The van der Waals surface area contributed by atoms with E-state index in [1.54, 1.807) is 43.5 Å². The summed E-state index contributed by atoms with van der Waals surface area (Å²) in [5, 5.41) is 10.00. The van der Waals surface area contributed by atoms with Gasteiger partial charge in [-0.1, -0.05) is 24.3 Å². The number of aromatic carboxylic acids is 1. The van der Waals surface area contributed by atoms with Crippen LogP contribution in [0.5, 0.6) is 0 Å². The van der Waals surface area contributed by atoms with E-state index in [0.717, 1.165) is 0 Å². The molecule has 0 atom stereocenters. The monoisotopic (exact) mass is 283 g/mol. The lowest BCUT2D eigenvalue weighted by Gasteiger charge is -2.06. The first-order valence-electron chi connectivity index (χ1n) is 6.47. The first-order chi connectivity index (χ1) is 10.1. The van der Waals surface area contributed by atoms with Crippen LogP contribution in [0.1, 0.15) is 21.7 Å². The lowest BCUT2D eigenvalue weighted by atomic mass is 10.1. The van der Waals surface area contributed by atoms with Crippen molar-refractivity contribution in [2.45, 2.75) is 13.5 Å². The van der Waals surface area contributed by atoms with Crippen LogP contribution in [0.15, 0.2) is 51.8 Å². The zero-order valence-corrected chi connectivity index (χ0v) is 11.4. The van der Waals surface area contributed by atoms with Crippen molar-refractivity contribution in [3.8, 4) is 0 Å². The summed E-state index contributed by atoms with van der Waals surface area (Å²) in [5.74, 6) is -1.26. The van der Waals surface area contributed by atoms with E-state index in [9.17, 15) is 14.7 Å². The highest BCUT2D eigenvalue weighted by Crippen LogP contribution is 2.26. The maximum absolute atomic E-state index is 12.1. The Morgan fingerprint density at radius 2 is 2.00 bits per heavy atom. The number of aromatic nitrogens is 1. The summed E-state index contributed by atoms with van der Waals surface area (Å²) < 4.78 is 6.87. The molecule has 0 saturated heterocycles. The molecule has 0 spiro atoms. The Kier molecular flexibility index (Phi) is 3.10. The van der Waals surface area contributed by atoms with Crippen molar-refractivity contribution in [2.75, 3.05) is 0 Å². The first-order valence-corrected chi connectivity index (χ1v) is 6.47. The topological polar surface area (TPSA) is 72.4 Å². The fourth-order valence-corrected chi connectivity index (χ4v) is 2.38. The molecule has 5 heteroatoms. The molecule has 21 heavy (non-hydrogen) atoms. The minimum atomic E-state index is -1.14. The van der Waals surface area contributed by atoms with Gasteiger partial charge in [0.25, 0.3) is 5.56 Å². The highest BCUT2D eigenvalue weighted by atomic mass is 16.4. The summed E-state index contributed by atoms with van der Waals surface area (Å²) in [5.41, 5.74) is 1.48. The number of nitrogens with zero attached hydrogens (tertiary/aromatic N) is 1. The molecule has 2 heterocycles. The molecule has 3 aromatic rings. The molecule has 5 nitrogen and oxygen atoms in total. The molecule has 0 saturated carbocycles. The molecule has 0 aliphatic heterocycles. The molecule has 3 rings (SSSR count). The summed E-state index contributed by atoms with van der Waals surface area (Å²) in [6.45, 7) is 1.89. The number of rotatable bonds is 3. The van der Waals surface area contributed by atoms with Gasteiger partial charge in [-0.2, -0.15) is 0 Å². The van der Waals surface area contributed by atoms with Gasteiger partial charge >= 0.3 is 5.97 Å². The summed E-state index contributed by atoms with van der Waals surface area (Å²) in [6, 6.07) is 10.6. The average molecular weight is 283 g/mol. The van der Waals surface area contributed by atoms with E-state index in [-0.39, 0.29) is 17.9 Å². The minimum absolute atomic E-state index is 0.121. The number of hydrogen-bond donors (Lipinski definition) is 1. The van der Waals surface area contributed by atoms with Gasteiger partial charge in [0.05, 0.1) is 6.54 Å². The van der Waals surface area contributed by atoms with Crippen LogP contribution in [0.2, 0.25) is 0 Å². The maximum atomic E-state index is 12.1. The van der Waals surface area contributed by atoms with Gasteiger partial charge in [-0.05, 0) is 19.1 Å². The number of carboxylic acid groups (broad SMARTS) is 1. The zero-order valence-electron chi connectivity index (χ0n) is 11.4. The number of aryl methyl sites for hydroxylation is 1. The molecule has 0 aliphatic carbocycles. The zero-order chi connectivity index (χ0) is 15.0. The van der Waals surface area contributed by atoms with Gasteiger partial charge in [-0.25, -0.2) is 4.79 Å². The second kappa shape index (κ2) is 4.94. The van der Waals surface area contributed by atoms with Gasteiger partial charge in [-0.3, -0.25) is 4.79 Å². The lowest BCUT2D eigenvalue weighted by Crippen LogP contribution is -2.22. The Labute approximate surface area is 120 Å². The minimum Gasteiger partial charge on any atom is -0.475 e. The van der Waals surface area contributed by atoms with Gasteiger partial charge in [0.15, 0.2) is 0 Å². The van der Waals surface area contributed by atoms with Crippen molar-refractivity contribution < 1.29 is 14.3 Å². The Balaban J connectivity index is 2.19. The highest BCUT2D eigenvalue weighted by molar-refractivity contribution is 5.95. The van der Waals surface area contributed by atoms with E-state index >= 15 is 0 Å².